The van der Waals surface area contributed by atoms with E-state index >= 15 is 0 Å². The van der Waals surface area contributed by atoms with Gasteiger partial charge in [-0.2, -0.15) is 0 Å². The number of hydrogen-bond acceptors (Lipinski definition) is 3. The van der Waals surface area contributed by atoms with Crippen LogP contribution >= 0.6 is 0 Å². The Bertz CT molecular complexity index is 868. The minimum absolute atomic E-state index is 0.0383. The molecule has 0 aliphatic rings. The molecule has 32 heavy (non-hydrogen) atoms. The van der Waals surface area contributed by atoms with Crippen molar-refractivity contribution in [2.24, 2.45) is 11.8 Å². The fourth-order valence-electron chi connectivity index (χ4n) is 4.26. The molecule has 0 fully saturated rings. The van der Waals surface area contributed by atoms with Crippen molar-refractivity contribution in [3.63, 3.8) is 0 Å². The van der Waals surface area contributed by atoms with E-state index in [1.807, 2.05) is 38.2 Å². The SMILES string of the molecule is CCCC(CCC)C(=O)N[C@H](C(=O)N[C@H](CCC=O)Cc1c[nH]c2ccccc12)C(C)C. The molecule has 0 saturated carbocycles. The van der Waals surface area contributed by atoms with Gasteiger partial charge in [0.2, 0.25) is 11.8 Å². The zero-order valence-corrected chi connectivity index (χ0v) is 19.9. The van der Waals surface area contributed by atoms with Crippen LogP contribution in [0.1, 0.15) is 71.8 Å². The molecular weight excluding hydrogens is 402 g/mol. The minimum atomic E-state index is -0.597. The van der Waals surface area contributed by atoms with Crippen molar-refractivity contribution in [3.8, 4) is 0 Å². The molecule has 6 nitrogen and oxygen atoms in total. The van der Waals surface area contributed by atoms with Crippen molar-refractivity contribution in [1.82, 2.24) is 15.6 Å². The van der Waals surface area contributed by atoms with Crippen LogP contribution in [-0.4, -0.2) is 35.2 Å². The van der Waals surface area contributed by atoms with E-state index in [4.69, 9.17) is 0 Å². The van der Waals surface area contributed by atoms with Gasteiger partial charge in [0.05, 0.1) is 0 Å². The van der Waals surface area contributed by atoms with Gasteiger partial charge in [-0.25, -0.2) is 0 Å². The Morgan fingerprint density at radius 1 is 1.00 bits per heavy atom. The van der Waals surface area contributed by atoms with Crippen LogP contribution in [0, 0.1) is 11.8 Å². The van der Waals surface area contributed by atoms with Crippen LogP contribution in [0.2, 0.25) is 0 Å². The van der Waals surface area contributed by atoms with Crippen molar-refractivity contribution in [1.29, 1.82) is 0 Å². The van der Waals surface area contributed by atoms with Crippen LogP contribution in [0.15, 0.2) is 30.5 Å². The van der Waals surface area contributed by atoms with E-state index in [0.717, 1.165) is 48.4 Å². The fraction of sp³-hybridized carbons (Fsp3) is 0.577. The first-order valence-electron chi connectivity index (χ1n) is 12.0. The maximum absolute atomic E-state index is 13.2. The monoisotopic (exact) mass is 441 g/mol. The van der Waals surface area contributed by atoms with Gasteiger partial charge in [-0.1, -0.05) is 58.7 Å². The number of aromatic nitrogens is 1. The van der Waals surface area contributed by atoms with Gasteiger partial charge in [-0.3, -0.25) is 9.59 Å². The molecule has 0 aliphatic carbocycles. The molecule has 0 radical (unpaired) electrons. The summed E-state index contributed by atoms with van der Waals surface area (Å²) in [6.45, 7) is 8.04. The third kappa shape index (κ3) is 7.21. The van der Waals surface area contributed by atoms with Crippen LogP contribution in [0.3, 0.4) is 0 Å². The molecule has 2 atom stereocenters. The average molecular weight is 442 g/mol. The zero-order valence-electron chi connectivity index (χ0n) is 19.9. The van der Waals surface area contributed by atoms with Crippen molar-refractivity contribution in [3.05, 3.63) is 36.0 Å². The Kier molecular flexibility index (Phi) is 10.4. The zero-order chi connectivity index (χ0) is 23.5. The van der Waals surface area contributed by atoms with Crippen LogP contribution in [0.5, 0.6) is 0 Å². The number of amides is 2. The molecule has 2 rings (SSSR count). The first-order chi connectivity index (χ1) is 15.4. The summed E-state index contributed by atoms with van der Waals surface area (Å²) in [5, 5.41) is 7.25. The number of fused-ring (bicyclic) bond motifs is 1. The summed E-state index contributed by atoms with van der Waals surface area (Å²) in [6.07, 6.45) is 7.94. The maximum Gasteiger partial charge on any atom is 0.243 e. The Hall–Kier alpha value is -2.63. The van der Waals surface area contributed by atoms with Crippen molar-refractivity contribution in [2.75, 3.05) is 0 Å². The number of para-hydroxylation sites is 1. The van der Waals surface area contributed by atoms with Crippen molar-refractivity contribution >= 4 is 29.0 Å². The van der Waals surface area contributed by atoms with Crippen LogP contribution in [0.4, 0.5) is 0 Å². The van der Waals surface area contributed by atoms with E-state index in [9.17, 15) is 14.4 Å². The molecule has 0 unspecified atom stereocenters. The van der Waals surface area contributed by atoms with Gasteiger partial charge in [0.1, 0.15) is 12.3 Å². The van der Waals surface area contributed by atoms with E-state index < -0.39 is 6.04 Å². The topological polar surface area (TPSA) is 91.1 Å². The Morgan fingerprint density at radius 2 is 1.69 bits per heavy atom. The summed E-state index contributed by atoms with van der Waals surface area (Å²) in [7, 11) is 0. The highest BCUT2D eigenvalue weighted by atomic mass is 16.2. The first-order valence-corrected chi connectivity index (χ1v) is 12.0. The second-order valence-electron chi connectivity index (χ2n) is 9.02. The van der Waals surface area contributed by atoms with Crippen molar-refractivity contribution in [2.45, 2.75) is 84.7 Å². The largest absolute Gasteiger partial charge is 0.361 e. The number of benzene rings is 1. The number of carbonyl (C=O) groups excluding carboxylic acids is 3. The van der Waals surface area contributed by atoms with Gasteiger partial charge < -0.3 is 20.4 Å². The molecule has 1 heterocycles. The average Bonchev–Trinajstić information content (AvgIpc) is 3.18. The normalized spacial score (nSPS) is 13.3. The lowest BCUT2D eigenvalue weighted by atomic mass is 9.95. The highest BCUT2D eigenvalue weighted by Crippen LogP contribution is 2.20. The summed E-state index contributed by atoms with van der Waals surface area (Å²) in [4.78, 5) is 40.4. The van der Waals surface area contributed by atoms with E-state index in [0.29, 0.717) is 19.3 Å². The molecule has 0 bridgehead atoms. The summed E-state index contributed by atoms with van der Waals surface area (Å²) in [5.41, 5.74) is 2.15. The van der Waals surface area contributed by atoms with Crippen LogP contribution in [0.25, 0.3) is 10.9 Å². The molecule has 1 aromatic heterocycles. The minimum Gasteiger partial charge on any atom is -0.361 e. The third-order valence-corrected chi connectivity index (χ3v) is 6.01. The Morgan fingerprint density at radius 3 is 2.31 bits per heavy atom. The van der Waals surface area contributed by atoms with E-state index in [1.165, 1.54) is 0 Å². The molecule has 2 aromatic rings. The molecule has 0 aliphatic heterocycles. The van der Waals surface area contributed by atoms with Crippen molar-refractivity contribution < 1.29 is 14.4 Å². The standard InChI is InChI=1S/C26H39N3O3/c1-5-10-19(11-6-2)25(31)29-24(18(3)4)26(32)28-21(12-9-15-30)16-20-17-27-23-14-8-7-13-22(20)23/h7-8,13-15,17-19,21,24,27H,5-6,9-12,16H2,1-4H3,(H,28,32)(H,29,31)/t21-,24+/m1/s1. The van der Waals surface area contributed by atoms with Gasteiger partial charge in [0.25, 0.3) is 0 Å². The number of H-pyrrole nitrogens is 1. The number of hydrogen-bond donors (Lipinski definition) is 3. The highest BCUT2D eigenvalue weighted by molar-refractivity contribution is 5.89. The summed E-state index contributed by atoms with van der Waals surface area (Å²) in [6, 6.07) is 7.26. The maximum atomic E-state index is 13.2. The molecule has 6 heteroatoms. The third-order valence-electron chi connectivity index (χ3n) is 6.01. The van der Waals surface area contributed by atoms with E-state index in [1.54, 1.807) is 0 Å². The number of nitrogens with one attached hydrogen (secondary N) is 3. The number of aldehydes is 1. The second-order valence-corrected chi connectivity index (χ2v) is 9.02. The molecule has 3 N–H and O–H groups in total. The number of rotatable bonds is 14. The molecule has 1 aromatic carbocycles. The molecular formula is C26H39N3O3. The molecule has 176 valence electrons. The second kappa shape index (κ2) is 13.0. The van der Waals surface area contributed by atoms with E-state index in [2.05, 4.69) is 35.5 Å². The van der Waals surface area contributed by atoms with Crippen LogP contribution < -0.4 is 10.6 Å². The Labute approximate surface area is 191 Å². The predicted octanol–water partition coefficient (Wildman–Crippen LogP) is 4.53. The highest BCUT2D eigenvalue weighted by Gasteiger charge is 2.28. The smallest absolute Gasteiger partial charge is 0.243 e. The van der Waals surface area contributed by atoms with E-state index in [-0.39, 0.29) is 29.7 Å². The lowest BCUT2D eigenvalue weighted by Crippen LogP contribution is -2.53. The van der Waals surface area contributed by atoms with Gasteiger partial charge in [-0.05, 0) is 43.2 Å². The lowest BCUT2D eigenvalue weighted by molar-refractivity contribution is -0.132. The van der Waals surface area contributed by atoms with Gasteiger partial charge in [0, 0.05) is 35.5 Å². The first kappa shape index (κ1) is 25.6. The van der Waals surface area contributed by atoms with Gasteiger partial charge in [0.15, 0.2) is 0 Å². The summed E-state index contributed by atoms with van der Waals surface area (Å²) in [5.74, 6) is -0.321. The summed E-state index contributed by atoms with van der Waals surface area (Å²) >= 11 is 0. The quantitative estimate of drug-likeness (QED) is 0.376. The number of carbonyl (C=O) groups is 3. The number of aromatic amines is 1. The molecule has 0 saturated heterocycles. The fourth-order valence-corrected chi connectivity index (χ4v) is 4.26. The molecule has 2 amide bonds. The van der Waals surface area contributed by atoms with Crippen LogP contribution in [-0.2, 0) is 20.8 Å². The lowest BCUT2D eigenvalue weighted by Gasteiger charge is -2.27. The predicted molar refractivity (Wildman–Crippen MR) is 129 cm³/mol. The van der Waals surface area contributed by atoms with Gasteiger partial charge >= 0.3 is 0 Å². The van der Waals surface area contributed by atoms with Gasteiger partial charge in [-0.15, -0.1) is 0 Å². The molecule has 0 spiro atoms. The Balaban J connectivity index is 2.12. The summed E-state index contributed by atoms with van der Waals surface area (Å²) < 4.78 is 0.